The van der Waals surface area contributed by atoms with E-state index in [0.717, 1.165) is 40.8 Å². The van der Waals surface area contributed by atoms with E-state index < -0.39 is 0 Å². The van der Waals surface area contributed by atoms with Crippen LogP contribution in [0.5, 0.6) is 0 Å². The molecule has 7 heteroatoms. The average Bonchev–Trinajstić information content (AvgIpc) is 3.22. The van der Waals surface area contributed by atoms with Crippen LogP contribution in [0, 0.1) is 6.92 Å². The first-order valence-corrected chi connectivity index (χ1v) is 9.78. The second-order valence-corrected chi connectivity index (χ2v) is 7.68. The summed E-state index contributed by atoms with van der Waals surface area (Å²) in [5, 5.41) is 4.23. The van der Waals surface area contributed by atoms with Crippen molar-refractivity contribution in [2.24, 2.45) is 0 Å². The Labute approximate surface area is 166 Å². The van der Waals surface area contributed by atoms with Gasteiger partial charge in [-0.15, -0.1) is 0 Å². The molecule has 4 rings (SSSR count). The van der Waals surface area contributed by atoms with Crippen molar-refractivity contribution in [3.05, 3.63) is 64.8 Å². The highest BCUT2D eigenvalue weighted by Gasteiger charge is 2.27. The summed E-state index contributed by atoms with van der Waals surface area (Å²) >= 11 is 3.49. The largest absolute Gasteiger partial charge is 0.336 e. The van der Waals surface area contributed by atoms with Gasteiger partial charge in [-0.2, -0.15) is 5.10 Å². The third kappa shape index (κ3) is 3.78. The van der Waals surface area contributed by atoms with E-state index in [9.17, 15) is 4.79 Å². The molecule has 0 saturated carbocycles. The molecule has 138 valence electrons. The molecule has 0 radical (unpaired) electrons. The van der Waals surface area contributed by atoms with Gasteiger partial charge >= 0.3 is 0 Å². The molecule has 0 N–H and O–H groups in total. The van der Waals surface area contributed by atoms with Crippen molar-refractivity contribution < 1.29 is 4.79 Å². The Bertz CT molecular complexity index is 957. The van der Waals surface area contributed by atoms with Gasteiger partial charge in [0, 0.05) is 23.1 Å². The van der Waals surface area contributed by atoms with Crippen molar-refractivity contribution in [1.29, 1.82) is 0 Å². The zero-order chi connectivity index (χ0) is 18.8. The number of pyridine rings is 1. The van der Waals surface area contributed by atoms with Gasteiger partial charge < -0.3 is 4.90 Å². The molecule has 0 aliphatic carbocycles. The number of hydrogen-bond donors (Lipinski definition) is 0. The van der Waals surface area contributed by atoms with Gasteiger partial charge in [0.2, 0.25) is 0 Å². The third-order valence-corrected chi connectivity index (χ3v) is 5.42. The fraction of sp³-hybridized carbons (Fsp3) is 0.300. The number of piperidine rings is 1. The first kappa shape index (κ1) is 17.9. The fourth-order valence-corrected chi connectivity index (χ4v) is 3.93. The molecule has 1 aromatic carbocycles. The van der Waals surface area contributed by atoms with Crippen LogP contribution in [0.15, 0.2) is 53.5 Å². The van der Waals surface area contributed by atoms with Gasteiger partial charge in [0.15, 0.2) is 0 Å². The highest BCUT2D eigenvalue weighted by molar-refractivity contribution is 9.10. The van der Waals surface area contributed by atoms with E-state index in [2.05, 4.69) is 31.0 Å². The molecule has 3 heterocycles. The summed E-state index contributed by atoms with van der Waals surface area (Å²) in [7, 11) is 0. The van der Waals surface area contributed by atoms with Gasteiger partial charge in [0.05, 0.1) is 23.0 Å². The van der Waals surface area contributed by atoms with Gasteiger partial charge in [-0.3, -0.25) is 9.78 Å². The summed E-state index contributed by atoms with van der Waals surface area (Å²) in [6, 6.07) is 12.0. The zero-order valence-corrected chi connectivity index (χ0v) is 16.6. The van der Waals surface area contributed by atoms with Crippen LogP contribution in [0.1, 0.15) is 34.9 Å². The number of likely N-dealkylation sites (tertiary alicyclic amines) is 1. The zero-order valence-electron chi connectivity index (χ0n) is 15.0. The maximum Gasteiger partial charge on any atom is 0.255 e. The predicted octanol–water partition coefficient (Wildman–Crippen LogP) is 3.89. The molecule has 1 saturated heterocycles. The Morgan fingerprint density at radius 1 is 1.26 bits per heavy atom. The third-order valence-electron chi connectivity index (χ3n) is 4.93. The maximum absolute atomic E-state index is 13.1. The van der Waals surface area contributed by atoms with Crippen LogP contribution in [0.3, 0.4) is 0 Å². The van der Waals surface area contributed by atoms with Gasteiger partial charge in [0.1, 0.15) is 12.7 Å². The normalized spacial score (nSPS) is 17.1. The molecule has 27 heavy (non-hydrogen) atoms. The Hall–Kier alpha value is -2.54. The molecule has 0 spiro atoms. The Morgan fingerprint density at radius 2 is 2.15 bits per heavy atom. The summed E-state index contributed by atoms with van der Waals surface area (Å²) in [4.78, 5) is 23.7. The van der Waals surface area contributed by atoms with Crippen LogP contribution in [0.25, 0.3) is 11.3 Å². The van der Waals surface area contributed by atoms with Crippen molar-refractivity contribution >= 4 is 21.8 Å². The second kappa shape index (κ2) is 7.60. The van der Waals surface area contributed by atoms with Crippen LogP contribution in [0.4, 0.5) is 0 Å². The molecular weight excluding hydrogens is 406 g/mol. The molecule has 1 unspecified atom stereocenters. The van der Waals surface area contributed by atoms with E-state index in [4.69, 9.17) is 0 Å². The topological polar surface area (TPSA) is 63.9 Å². The standard InChI is InChI=1S/C20H20BrN5O/c1-14-18(7-8-19(24-14)15-4-2-5-16(21)10-15)20(27)25-9-3-6-17(11-25)26-13-22-12-23-26/h2,4-5,7-8,10,12-13,17H,3,6,9,11H2,1H3. The summed E-state index contributed by atoms with van der Waals surface area (Å²) in [6.07, 6.45) is 5.22. The molecular formula is C20H20BrN5O. The first-order valence-electron chi connectivity index (χ1n) is 8.99. The lowest BCUT2D eigenvalue weighted by Gasteiger charge is -2.32. The quantitative estimate of drug-likeness (QED) is 0.638. The fourth-order valence-electron chi connectivity index (χ4n) is 3.53. The number of aromatic nitrogens is 4. The lowest BCUT2D eigenvalue weighted by molar-refractivity contribution is 0.0671. The van der Waals surface area contributed by atoms with E-state index in [1.807, 2.05) is 52.9 Å². The Morgan fingerprint density at radius 3 is 2.89 bits per heavy atom. The molecule has 1 atom stereocenters. The minimum absolute atomic E-state index is 0.0330. The Kier molecular flexibility index (Phi) is 5.03. The molecule has 3 aromatic rings. The van der Waals surface area contributed by atoms with Crippen molar-refractivity contribution in [2.45, 2.75) is 25.8 Å². The summed E-state index contributed by atoms with van der Waals surface area (Å²) in [5.74, 6) is 0.0330. The number of amides is 1. The number of rotatable bonds is 3. The van der Waals surface area contributed by atoms with Crippen LogP contribution in [-0.2, 0) is 0 Å². The van der Waals surface area contributed by atoms with Crippen molar-refractivity contribution in [3.63, 3.8) is 0 Å². The molecule has 1 fully saturated rings. The van der Waals surface area contributed by atoms with E-state index in [0.29, 0.717) is 12.1 Å². The number of halogens is 1. The second-order valence-electron chi connectivity index (χ2n) is 6.76. The molecule has 0 bridgehead atoms. The smallest absolute Gasteiger partial charge is 0.255 e. The lowest BCUT2D eigenvalue weighted by Crippen LogP contribution is -2.41. The van der Waals surface area contributed by atoms with E-state index in [1.165, 1.54) is 6.33 Å². The molecule has 2 aromatic heterocycles. The average molecular weight is 426 g/mol. The van der Waals surface area contributed by atoms with Crippen LogP contribution < -0.4 is 0 Å². The Balaban J connectivity index is 1.55. The van der Waals surface area contributed by atoms with Crippen molar-refractivity contribution in [2.75, 3.05) is 13.1 Å². The van der Waals surface area contributed by atoms with E-state index >= 15 is 0 Å². The van der Waals surface area contributed by atoms with E-state index in [1.54, 1.807) is 6.33 Å². The molecule has 1 aliphatic heterocycles. The highest BCUT2D eigenvalue weighted by Crippen LogP contribution is 2.25. The minimum Gasteiger partial charge on any atom is -0.336 e. The van der Waals surface area contributed by atoms with Crippen molar-refractivity contribution in [1.82, 2.24) is 24.6 Å². The molecule has 6 nitrogen and oxygen atoms in total. The SMILES string of the molecule is Cc1nc(-c2cccc(Br)c2)ccc1C(=O)N1CCCC(n2cncn2)C1. The number of benzene rings is 1. The highest BCUT2D eigenvalue weighted by atomic mass is 79.9. The lowest BCUT2D eigenvalue weighted by atomic mass is 10.0. The van der Waals surface area contributed by atoms with E-state index in [-0.39, 0.29) is 11.9 Å². The van der Waals surface area contributed by atoms with Gasteiger partial charge in [0.25, 0.3) is 5.91 Å². The summed E-state index contributed by atoms with van der Waals surface area (Å²) < 4.78 is 2.85. The summed E-state index contributed by atoms with van der Waals surface area (Å²) in [6.45, 7) is 3.30. The number of carbonyl (C=O) groups is 1. The van der Waals surface area contributed by atoms with Crippen LogP contribution in [-0.4, -0.2) is 43.6 Å². The van der Waals surface area contributed by atoms with Crippen LogP contribution >= 0.6 is 15.9 Å². The van der Waals surface area contributed by atoms with Gasteiger partial charge in [-0.25, -0.2) is 9.67 Å². The number of aryl methyl sites for hydroxylation is 1. The molecule has 1 amide bonds. The van der Waals surface area contributed by atoms with Crippen molar-refractivity contribution in [3.8, 4) is 11.3 Å². The predicted molar refractivity (Wildman–Crippen MR) is 106 cm³/mol. The van der Waals surface area contributed by atoms with Gasteiger partial charge in [-0.1, -0.05) is 28.1 Å². The number of carbonyl (C=O) groups excluding carboxylic acids is 1. The monoisotopic (exact) mass is 425 g/mol. The first-order chi connectivity index (χ1) is 13.1. The maximum atomic E-state index is 13.1. The number of hydrogen-bond acceptors (Lipinski definition) is 4. The minimum atomic E-state index is 0.0330. The molecule has 1 aliphatic rings. The summed E-state index contributed by atoms with van der Waals surface area (Å²) in [5.41, 5.74) is 3.30. The van der Waals surface area contributed by atoms with Gasteiger partial charge in [-0.05, 0) is 44.0 Å². The number of nitrogens with zero attached hydrogens (tertiary/aromatic N) is 5. The van der Waals surface area contributed by atoms with Crippen LogP contribution in [0.2, 0.25) is 0 Å².